The molecule has 0 saturated heterocycles. The lowest BCUT2D eigenvalue weighted by Gasteiger charge is -2.29. The molecular weight excluding hydrogens is 344 g/mol. The van der Waals surface area contributed by atoms with E-state index in [0.29, 0.717) is 17.3 Å². The molecule has 2 aromatic carbocycles. The van der Waals surface area contributed by atoms with E-state index in [0.717, 1.165) is 17.0 Å². The van der Waals surface area contributed by atoms with E-state index >= 15 is 0 Å². The van der Waals surface area contributed by atoms with Crippen LogP contribution in [0, 0.1) is 6.92 Å². The molecule has 0 radical (unpaired) electrons. The number of ether oxygens (including phenoxy) is 1. The number of hydrogen-bond acceptors (Lipinski definition) is 3. The second kappa shape index (κ2) is 7.70. The number of carbonyl (C=O) groups is 1. The van der Waals surface area contributed by atoms with Crippen molar-refractivity contribution in [2.24, 2.45) is 0 Å². The van der Waals surface area contributed by atoms with Gasteiger partial charge in [0.1, 0.15) is 12.4 Å². The smallest absolute Gasteiger partial charge is 0.171 e. The number of rotatable bonds is 5. The van der Waals surface area contributed by atoms with Gasteiger partial charge >= 0.3 is 0 Å². The number of allylic oxidation sites excluding steroid dienone is 1. The minimum atomic E-state index is -0.244. The molecule has 0 spiro atoms. The highest BCUT2D eigenvalue weighted by atomic mass is 32.1. The Labute approximate surface area is 159 Å². The van der Waals surface area contributed by atoms with Crippen molar-refractivity contribution in [3.63, 3.8) is 0 Å². The lowest BCUT2D eigenvalue weighted by Crippen LogP contribution is -2.44. The fraction of sp³-hybridized carbons (Fsp3) is 0.238. The fourth-order valence-corrected chi connectivity index (χ4v) is 3.37. The Kier molecular flexibility index (Phi) is 5.38. The molecule has 1 unspecified atom stereocenters. The van der Waals surface area contributed by atoms with Crippen LogP contribution < -0.4 is 15.4 Å². The van der Waals surface area contributed by atoms with Gasteiger partial charge in [-0.05, 0) is 61.8 Å². The van der Waals surface area contributed by atoms with Crippen LogP contribution in [0.25, 0.3) is 0 Å². The average molecular weight is 366 g/mol. The monoisotopic (exact) mass is 366 g/mol. The second-order valence-electron chi connectivity index (χ2n) is 6.41. The number of Topliss-reactive ketones (excluding diaryl/α,β-unsaturated/α-hetero) is 1. The Morgan fingerprint density at radius 1 is 1.12 bits per heavy atom. The van der Waals surface area contributed by atoms with Crippen LogP contribution in [0.5, 0.6) is 5.75 Å². The van der Waals surface area contributed by atoms with Crippen LogP contribution in [-0.4, -0.2) is 10.9 Å². The van der Waals surface area contributed by atoms with Crippen LogP contribution >= 0.6 is 12.2 Å². The number of aryl methyl sites for hydroxylation is 1. The third-order valence-corrected chi connectivity index (χ3v) is 4.74. The maximum Gasteiger partial charge on any atom is 0.171 e. The van der Waals surface area contributed by atoms with Gasteiger partial charge in [0.05, 0.1) is 6.04 Å². The highest BCUT2D eigenvalue weighted by molar-refractivity contribution is 7.80. The van der Waals surface area contributed by atoms with Gasteiger partial charge < -0.3 is 15.4 Å². The summed E-state index contributed by atoms with van der Waals surface area (Å²) in [7, 11) is 0. The molecule has 4 nitrogen and oxygen atoms in total. The summed E-state index contributed by atoms with van der Waals surface area (Å²) >= 11 is 5.24. The van der Waals surface area contributed by atoms with Gasteiger partial charge in [0.2, 0.25) is 0 Å². The van der Waals surface area contributed by atoms with Crippen molar-refractivity contribution < 1.29 is 9.53 Å². The SMILES string of the molecule is CC(=O)C1=C(C)NC(=S)NC1c1ccc(OCc2ccccc2C)cc1. The number of benzene rings is 2. The minimum Gasteiger partial charge on any atom is -0.489 e. The van der Waals surface area contributed by atoms with E-state index in [1.165, 1.54) is 11.1 Å². The van der Waals surface area contributed by atoms with E-state index in [4.69, 9.17) is 17.0 Å². The zero-order chi connectivity index (χ0) is 18.7. The van der Waals surface area contributed by atoms with Gasteiger partial charge in [-0.1, -0.05) is 36.4 Å². The van der Waals surface area contributed by atoms with Gasteiger partial charge in [-0.3, -0.25) is 4.79 Å². The molecule has 1 aliphatic rings. The van der Waals surface area contributed by atoms with Crippen molar-refractivity contribution in [1.82, 2.24) is 10.6 Å². The number of hydrogen-bond donors (Lipinski definition) is 2. The number of ketones is 1. The van der Waals surface area contributed by atoms with Crippen molar-refractivity contribution >= 4 is 23.1 Å². The predicted molar refractivity (Wildman–Crippen MR) is 107 cm³/mol. The van der Waals surface area contributed by atoms with Crippen LogP contribution in [0.2, 0.25) is 0 Å². The highest BCUT2D eigenvalue weighted by Gasteiger charge is 2.27. The molecule has 2 N–H and O–H groups in total. The first-order chi connectivity index (χ1) is 12.5. The first-order valence-corrected chi connectivity index (χ1v) is 8.93. The maximum atomic E-state index is 12.1. The number of nitrogens with one attached hydrogen (secondary N) is 2. The molecule has 3 rings (SSSR count). The molecule has 0 fully saturated rings. The van der Waals surface area contributed by atoms with E-state index in [9.17, 15) is 4.79 Å². The van der Waals surface area contributed by atoms with Crippen molar-refractivity contribution in [3.8, 4) is 5.75 Å². The Hall–Kier alpha value is -2.66. The van der Waals surface area contributed by atoms with Crippen LogP contribution in [-0.2, 0) is 11.4 Å². The maximum absolute atomic E-state index is 12.1. The van der Waals surface area contributed by atoms with E-state index in [-0.39, 0.29) is 11.8 Å². The molecule has 5 heteroatoms. The van der Waals surface area contributed by atoms with Crippen LogP contribution in [0.3, 0.4) is 0 Å². The molecule has 26 heavy (non-hydrogen) atoms. The number of thiocarbonyl (C=S) groups is 1. The van der Waals surface area contributed by atoms with Crippen LogP contribution in [0.1, 0.15) is 36.6 Å². The van der Waals surface area contributed by atoms with Gasteiger partial charge in [-0.15, -0.1) is 0 Å². The normalized spacial score (nSPS) is 16.7. The Balaban J connectivity index is 1.76. The highest BCUT2D eigenvalue weighted by Crippen LogP contribution is 2.28. The third-order valence-electron chi connectivity index (χ3n) is 4.52. The van der Waals surface area contributed by atoms with Crippen molar-refractivity contribution in [2.45, 2.75) is 33.4 Å². The zero-order valence-electron chi connectivity index (χ0n) is 15.1. The molecule has 2 aromatic rings. The lowest BCUT2D eigenvalue weighted by atomic mass is 9.93. The summed E-state index contributed by atoms with van der Waals surface area (Å²) in [6, 6.07) is 15.7. The molecule has 0 amide bonds. The first-order valence-electron chi connectivity index (χ1n) is 8.52. The quantitative estimate of drug-likeness (QED) is 0.785. The van der Waals surface area contributed by atoms with E-state index in [2.05, 4.69) is 29.7 Å². The lowest BCUT2D eigenvalue weighted by molar-refractivity contribution is -0.114. The largest absolute Gasteiger partial charge is 0.489 e. The van der Waals surface area contributed by atoms with Gasteiger partial charge in [-0.2, -0.15) is 0 Å². The summed E-state index contributed by atoms with van der Waals surface area (Å²) in [5.41, 5.74) is 4.85. The first kappa shape index (κ1) is 18.1. The number of carbonyl (C=O) groups excluding carboxylic acids is 1. The summed E-state index contributed by atoms with van der Waals surface area (Å²) in [6.45, 7) is 6.05. The standard InChI is InChI=1S/C21H22N2O2S/c1-13-6-4-5-7-17(13)12-25-18-10-8-16(9-11-18)20-19(15(3)24)14(2)22-21(26)23-20/h4-11,20H,12H2,1-3H3,(H2,22,23,26). The molecule has 1 heterocycles. The van der Waals surface area contributed by atoms with Crippen LogP contribution in [0.15, 0.2) is 59.8 Å². The molecule has 0 aromatic heterocycles. The Bertz CT molecular complexity index is 872. The fourth-order valence-electron chi connectivity index (χ4n) is 3.10. The molecule has 0 aliphatic carbocycles. The van der Waals surface area contributed by atoms with E-state index in [1.807, 2.05) is 43.3 Å². The minimum absolute atomic E-state index is 0.0230. The summed E-state index contributed by atoms with van der Waals surface area (Å²) in [5.74, 6) is 0.813. The summed E-state index contributed by atoms with van der Waals surface area (Å²) in [4.78, 5) is 12.1. The molecular formula is C21H22N2O2S. The molecule has 0 saturated carbocycles. The predicted octanol–water partition coefficient (Wildman–Crippen LogP) is 3.96. The van der Waals surface area contributed by atoms with Gasteiger partial charge in [0.25, 0.3) is 0 Å². The van der Waals surface area contributed by atoms with Gasteiger partial charge in [0, 0.05) is 11.3 Å². The van der Waals surface area contributed by atoms with Gasteiger partial charge in [-0.25, -0.2) is 0 Å². The summed E-state index contributed by atoms with van der Waals surface area (Å²) in [5, 5.41) is 6.73. The topological polar surface area (TPSA) is 50.4 Å². The second-order valence-corrected chi connectivity index (χ2v) is 6.82. The van der Waals surface area contributed by atoms with Crippen molar-refractivity contribution in [2.75, 3.05) is 0 Å². The zero-order valence-corrected chi connectivity index (χ0v) is 15.9. The van der Waals surface area contributed by atoms with Gasteiger partial charge in [0.15, 0.2) is 10.9 Å². The Morgan fingerprint density at radius 2 is 1.81 bits per heavy atom. The molecule has 1 aliphatic heterocycles. The molecule has 0 bridgehead atoms. The van der Waals surface area contributed by atoms with E-state index in [1.54, 1.807) is 6.92 Å². The molecule has 134 valence electrons. The van der Waals surface area contributed by atoms with E-state index < -0.39 is 0 Å². The Morgan fingerprint density at radius 3 is 2.46 bits per heavy atom. The third kappa shape index (κ3) is 3.94. The van der Waals surface area contributed by atoms with Crippen molar-refractivity contribution in [3.05, 3.63) is 76.5 Å². The van der Waals surface area contributed by atoms with Crippen LogP contribution in [0.4, 0.5) is 0 Å². The molecule has 1 atom stereocenters. The van der Waals surface area contributed by atoms with Crippen molar-refractivity contribution in [1.29, 1.82) is 0 Å². The average Bonchev–Trinajstić information content (AvgIpc) is 2.60. The summed E-state index contributed by atoms with van der Waals surface area (Å²) in [6.07, 6.45) is 0. The summed E-state index contributed by atoms with van der Waals surface area (Å²) < 4.78 is 5.89.